The zero-order chi connectivity index (χ0) is 29.0. The van der Waals surface area contributed by atoms with E-state index in [0.29, 0.717) is 36.2 Å². The Kier molecular flexibility index (Phi) is 8.75. The van der Waals surface area contributed by atoms with Crippen LogP contribution in [0.4, 0.5) is 26.3 Å². The van der Waals surface area contributed by atoms with E-state index in [1.807, 2.05) is 19.9 Å². The number of aromatic nitrogens is 2. The first-order valence-corrected chi connectivity index (χ1v) is 12.2. The van der Waals surface area contributed by atoms with Gasteiger partial charge in [0.2, 0.25) is 0 Å². The molecule has 2 N–H and O–H groups in total. The second-order valence-electron chi connectivity index (χ2n) is 8.87. The van der Waals surface area contributed by atoms with E-state index in [1.54, 1.807) is 16.7 Å². The summed E-state index contributed by atoms with van der Waals surface area (Å²) >= 11 is 0. The third-order valence-electron chi connectivity index (χ3n) is 6.11. The van der Waals surface area contributed by atoms with Crippen LogP contribution in [0.3, 0.4) is 0 Å². The first-order chi connectivity index (χ1) is 18.3. The second kappa shape index (κ2) is 11.5. The predicted octanol–water partition coefficient (Wildman–Crippen LogP) is 6.34. The van der Waals surface area contributed by atoms with Crippen LogP contribution >= 0.6 is 0 Å². The number of rotatable bonds is 9. The van der Waals surface area contributed by atoms with Crippen LogP contribution in [-0.4, -0.2) is 39.5 Å². The molecule has 39 heavy (non-hydrogen) atoms. The molecule has 0 atom stereocenters. The highest BCUT2D eigenvalue weighted by Gasteiger charge is 2.71. The molecular weight excluding hydrogens is 526 g/mol. The van der Waals surface area contributed by atoms with Crippen LogP contribution < -0.4 is 5.32 Å². The molecule has 0 aliphatic rings. The van der Waals surface area contributed by atoms with E-state index in [4.69, 9.17) is 5.26 Å². The summed E-state index contributed by atoms with van der Waals surface area (Å²) in [5.41, 5.74) is -5.05. The number of alkyl halides is 6. The van der Waals surface area contributed by atoms with Gasteiger partial charge in [-0.3, -0.25) is 4.79 Å². The van der Waals surface area contributed by atoms with Crippen molar-refractivity contribution in [2.24, 2.45) is 0 Å². The summed E-state index contributed by atoms with van der Waals surface area (Å²) < 4.78 is 81.6. The predicted molar refractivity (Wildman–Crippen MR) is 131 cm³/mol. The molecule has 2 aromatic carbocycles. The number of nitriles is 1. The molecule has 0 aliphatic heterocycles. The molecule has 0 saturated heterocycles. The van der Waals surface area contributed by atoms with E-state index >= 15 is 0 Å². The molecule has 0 aliphatic carbocycles. The van der Waals surface area contributed by atoms with Crippen molar-refractivity contribution in [3.05, 3.63) is 65.4 Å². The highest BCUT2D eigenvalue weighted by Crippen LogP contribution is 2.50. The quantitative estimate of drug-likeness (QED) is 0.239. The Hall–Kier alpha value is -3.85. The normalized spacial score (nSPS) is 12.3. The summed E-state index contributed by atoms with van der Waals surface area (Å²) in [6, 6.07) is 11.3. The number of hydrogen-bond acceptors (Lipinski definition) is 4. The van der Waals surface area contributed by atoms with Crippen LogP contribution in [0.1, 0.15) is 54.7 Å². The molecule has 0 saturated carbocycles. The van der Waals surface area contributed by atoms with Gasteiger partial charge in [-0.05, 0) is 25.0 Å². The summed E-state index contributed by atoms with van der Waals surface area (Å²) in [6.07, 6.45) is -9.95. The van der Waals surface area contributed by atoms with Crippen molar-refractivity contribution >= 4 is 5.91 Å². The molecule has 0 fully saturated rings. The molecule has 0 radical (unpaired) electrons. The number of imidazole rings is 1. The van der Waals surface area contributed by atoms with E-state index in [-0.39, 0.29) is 29.3 Å². The fourth-order valence-electron chi connectivity index (χ4n) is 4.06. The van der Waals surface area contributed by atoms with Crippen LogP contribution in [0.2, 0.25) is 0 Å². The molecule has 1 aromatic heterocycles. The number of carbonyl (C=O) groups excluding carboxylic acids is 1. The molecule has 0 bridgehead atoms. The van der Waals surface area contributed by atoms with Crippen LogP contribution in [-0.2, 0) is 12.1 Å². The highest BCUT2D eigenvalue weighted by molar-refractivity contribution is 5.99. The van der Waals surface area contributed by atoms with Gasteiger partial charge in [-0.15, -0.1) is 0 Å². The van der Waals surface area contributed by atoms with Crippen molar-refractivity contribution in [3.63, 3.8) is 0 Å². The third kappa shape index (κ3) is 5.78. The Labute approximate surface area is 220 Å². The lowest BCUT2D eigenvalue weighted by Gasteiger charge is -2.32. The van der Waals surface area contributed by atoms with Crippen molar-refractivity contribution in [1.82, 2.24) is 14.9 Å². The molecular formula is C27H26F6N4O2. The second-order valence-corrected chi connectivity index (χ2v) is 8.87. The maximum absolute atomic E-state index is 13.3. The summed E-state index contributed by atoms with van der Waals surface area (Å²) in [7, 11) is 0. The van der Waals surface area contributed by atoms with Crippen molar-refractivity contribution in [2.75, 3.05) is 6.54 Å². The van der Waals surface area contributed by atoms with E-state index in [0.717, 1.165) is 25.0 Å². The van der Waals surface area contributed by atoms with Gasteiger partial charge in [0.15, 0.2) is 0 Å². The Morgan fingerprint density at radius 2 is 1.51 bits per heavy atom. The van der Waals surface area contributed by atoms with E-state index < -0.39 is 29.4 Å². The summed E-state index contributed by atoms with van der Waals surface area (Å²) in [5, 5.41) is 21.7. The molecule has 6 nitrogen and oxygen atoms in total. The van der Waals surface area contributed by atoms with Crippen LogP contribution in [0.5, 0.6) is 0 Å². The average Bonchev–Trinajstić information content (AvgIpc) is 3.26. The summed E-state index contributed by atoms with van der Waals surface area (Å²) in [6.45, 7) is 4.44. The number of nitrogens with one attached hydrogen (secondary N) is 1. The van der Waals surface area contributed by atoms with E-state index in [1.165, 1.54) is 12.1 Å². The van der Waals surface area contributed by atoms with Gasteiger partial charge in [0.1, 0.15) is 17.2 Å². The van der Waals surface area contributed by atoms with Gasteiger partial charge in [-0.1, -0.05) is 56.7 Å². The molecule has 0 spiro atoms. The lowest BCUT2D eigenvalue weighted by atomic mass is 9.91. The van der Waals surface area contributed by atoms with Crippen LogP contribution in [0, 0.1) is 11.3 Å². The molecule has 1 amide bonds. The van der Waals surface area contributed by atoms with Gasteiger partial charge in [-0.25, -0.2) is 4.98 Å². The summed E-state index contributed by atoms with van der Waals surface area (Å²) in [4.78, 5) is 17.9. The highest BCUT2D eigenvalue weighted by atomic mass is 19.4. The first-order valence-electron chi connectivity index (χ1n) is 12.2. The van der Waals surface area contributed by atoms with Gasteiger partial charge >= 0.3 is 12.4 Å². The lowest BCUT2D eigenvalue weighted by Crippen LogP contribution is -2.53. The van der Waals surface area contributed by atoms with Gasteiger partial charge in [0, 0.05) is 29.8 Å². The van der Waals surface area contributed by atoms with Crippen molar-refractivity contribution in [2.45, 2.75) is 57.6 Å². The Morgan fingerprint density at radius 1 is 0.949 bits per heavy atom. The van der Waals surface area contributed by atoms with Gasteiger partial charge < -0.3 is 15.0 Å². The lowest BCUT2D eigenvalue weighted by molar-refractivity contribution is -0.376. The molecule has 3 aromatic rings. The van der Waals surface area contributed by atoms with Crippen LogP contribution in [0.25, 0.3) is 22.6 Å². The maximum atomic E-state index is 13.3. The smallest absolute Gasteiger partial charge is 0.369 e. The molecule has 3 rings (SSSR count). The molecule has 208 valence electrons. The minimum atomic E-state index is -6.01. The number of benzene rings is 2. The third-order valence-corrected chi connectivity index (χ3v) is 6.11. The molecule has 1 heterocycles. The monoisotopic (exact) mass is 552 g/mol. The zero-order valence-corrected chi connectivity index (χ0v) is 21.1. The topological polar surface area (TPSA) is 90.9 Å². The maximum Gasteiger partial charge on any atom is 0.430 e. The first kappa shape index (κ1) is 29.7. The number of halogens is 6. The molecule has 12 heteroatoms. The van der Waals surface area contributed by atoms with Gasteiger partial charge in [0.25, 0.3) is 11.5 Å². The standard InChI is InChI=1S/C27H26F6N4O2/c1-3-5-14-35-24(38)22-21(18-8-6-17(16-34)7-9-18)36-23(37(22)15-4-2)19-10-12-20(13-11-19)25(39,26(28,29)30)27(31,32)33/h6-13,39H,3-5,14-15H2,1-2H3,(H,35,38). The van der Waals surface area contributed by atoms with E-state index in [9.17, 15) is 36.2 Å². The zero-order valence-electron chi connectivity index (χ0n) is 21.1. The summed E-state index contributed by atoms with van der Waals surface area (Å²) in [5.74, 6) is -0.305. The van der Waals surface area contributed by atoms with Gasteiger partial charge in [0.05, 0.1) is 11.6 Å². The van der Waals surface area contributed by atoms with Gasteiger partial charge in [-0.2, -0.15) is 31.6 Å². The Balaban J connectivity index is 2.20. The number of amides is 1. The number of carbonyl (C=O) groups is 1. The number of nitrogens with zero attached hydrogens (tertiary/aromatic N) is 3. The number of unbranched alkanes of at least 4 members (excludes halogenated alkanes) is 1. The minimum absolute atomic E-state index is 0.140. The van der Waals surface area contributed by atoms with E-state index in [2.05, 4.69) is 10.3 Å². The number of aliphatic hydroxyl groups is 1. The fraction of sp³-hybridized carbons (Fsp3) is 0.370. The minimum Gasteiger partial charge on any atom is -0.369 e. The van der Waals surface area contributed by atoms with Crippen LogP contribution in [0.15, 0.2) is 48.5 Å². The average molecular weight is 553 g/mol. The Bertz CT molecular complexity index is 1320. The number of hydrogen-bond donors (Lipinski definition) is 2. The van der Waals surface area contributed by atoms with Crippen molar-refractivity contribution in [1.29, 1.82) is 5.26 Å². The molecule has 0 unspecified atom stereocenters. The van der Waals surface area contributed by atoms with Crippen molar-refractivity contribution in [3.8, 4) is 28.7 Å². The van der Waals surface area contributed by atoms with Crippen molar-refractivity contribution < 1.29 is 36.2 Å². The SMILES string of the molecule is CCCCNC(=O)c1c(-c2ccc(C#N)cc2)nc(-c2ccc(C(O)(C(F)(F)F)C(F)(F)F)cc2)n1CCC. The fourth-order valence-corrected chi connectivity index (χ4v) is 4.06. The Morgan fingerprint density at radius 3 is 2.00 bits per heavy atom. The largest absolute Gasteiger partial charge is 0.430 e.